The zero-order chi connectivity index (χ0) is 16.1. The Balaban J connectivity index is 2.11. The van der Waals surface area contributed by atoms with Gasteiger partial charge in [0.15, 0.2) is 6.04 Å². The Morgan fingerprint density at radius 1 is 1.09 bits per heavy atom. The fraction of sp³-hybridized carbons (Fsp3) is 0.0667. The monoisotopic (exact) mass is 382 g/mol. The van der Waals surface area contributed by atoms with E-state index in [0.717, 1.165) is 0 Å². The third kappa shape index (κ3) is 4.22. The Morgan fingerprint density at radius 3 is 2.32 bits per heavy atom. The molecule has 0 aliphatic carbocycles. The highest BCUT2D eigenvalue weighted by Gasteiger charge is 2.23. The van der Waals surface area contributed by atoms with E-state index >= 15 is 0 Å². The number of anilines is 1. The van der Waals surface area contributed by atoms with Crippen LogP contribution in [0.3, 0.4) is 0 Å². The standard InChI is InChI=1S/C15H12BrClN2O3/c16-12-4-2-1-3-11(12)13(14(20)21)19-15(22)18-10-7-5-9(17)6-8-10/h1-8,13H,(H,20,21)(H2,18,19,22). The molecule has 0 fully saturated rings. The number of carboxylic acid groups (broad SMARTS) is 1. The summed E-state index contributed by atoms with van der Waals surface area (Å²) in [6.07, 6.45) is 0. The maximum absolute atomic E-state index is 12.0. The van der Waals surface area contributed by atoms with Crippen LogP contribution in [-0.2, 0) is 4.79 Å². The minimum Gasteiger partial charge on any atom is -0.479 e. The van der Waals surface area contributed by atoms with Crippen LogP contribution < -0.4 is 10.6 Å². The molecule has 0 heterocycles. The Kier molecular flexibility index (Phi) is 5.41. The van der Waals surface area contributed by atoms with Gasteiger partial charge in [0.05, 0.1) is 0 Å². The molecule has 0 saturated carbocycles. The van der Waals surface area contributed by atoms with Crippen LogP contribution in [0.2, 0.25) is 5.02 Å². The van der Waals surface area contributed by atoms with Crippen molar-refractivity contribution in [3.8, 4) is 0 Å². The number of carbonyl (C=O) groups is 2. The van der Waals surface area contributed by atoms with Crippen molar-refractivity contribution in [3.05, 3.63) is 63.6 Å². The molecule has 0 aliphatic heterocycles. The van der Waals surface area contributed by atoms with Crippen molar-refractivity contribution in [1.29, 1.82) is 0 Å². The number of rotatable bonds is 4. The topological polar surface area (TPSA) is 78.4 Å². The van der Waals surface area contributed by atoms with Gasteiger partial charge in [0, 0.05) is 15.2 Å². The van der Waals surface area contributed by atoms with Gasteiger partial charge in [-0.1, -0.05) is 45.7 Å². The Hall–Kier alpha value is -2.05. The molecular formula is C15H12BrClN2O3. The average molecular weight is 384 g/mol. The van der Waals surface area contributed by atoms with Crippen LogP contribution in [0, 0.1) is 0 Å². The van der Waals surface area contributed by atoms with Gasteiger partial charge in [-0.25, -0.2) is 9.59 Å². The Bertz CT molecular complexity index is 691. The van der Waals surface area contributed by atoms with Gasteiger partial charge in [-0.3, -0.25) is 0 Å². The van der Waals surface area contributed by atoms with E-state index in [2.05, 4.69) is 26.6 Å². The quantitative estimate of drug-likeness (QED) is 0.745. The largest absolute Gasteiger partial charge is 0.479 e. The summed E-state index contributed by atoms with van der Waals surface area (Å²) < 4.78 is 0.606. The highest BCUT2D eigenvalue weighted by molar-refractivity contribution is 9.10. The highest BCUT2D eigenvalue weighted by Crippen LogP contribution is 2.23. The number of carbonyl (C=O) groups excluding carboxylic acids is 1. The van der Waals surface area contributed by atoms with Gasteiger partial charge in [-0.2, -0.15) is 0 Å². The molecule has 7 heteroatoms. The van der Waals surface area contributed by atoms with E-state index in [1.807, 2.05) is 0 Å². The average Bonchev–Trinajstić information content (AvgIpc) is 2.48. The highest BCUT2D eigenvalue weighted by atomic mass is 79.9. The number of carboxylic acids is 1. The van der Waals surface area contributed by atoms with Crippen LogP contribution in [0.4, 0.5) is 10.5 Å². The molecule has 114 valence electrons. The molecule has 3 N–H and O–H groups in total. The lowest BCUT2D eigenvalue weighted by atomic mass is 10.1. The SMILES string of the molecule is O=C(Nc1ccc(Cl)cc1)NC(C(=O)O)c1ccccc1Br. The summed E-state index contributed by atoms with van der Waals surface area (Å²) in [7, 11) is 0. The summed E-state index contributed by atoms with van der Waals surface area (Å²) in [5.74, 6) is -1.15. The number of amides is 2. The molecule has 0 saturated heterocycles. The lowest BCUT2D eigenvalue weighted by molar-refractivity contribution is -0.139. The van der Waals surface area contributed by atoms with Crippen molar-refractivity contribution in [2.24, 2.45) is 0 Å². The van der Waals surface area contributed by atoms with Crippen molar-refractivity contribution < 1.29 is 14.7 Å². The van der Waals surface area contributed by atoms with Gasteiger partial charge in [-0.15, -0.1) is 0 Å². The molecule has 2 aromatic rings. The van der Waals surface area contributed by atoms with Crippen molar-refractivity contribution in [1.82, 2.24) is 5.32 Å². The summed E-state index contributed by atoms with van der Waals surface area (Å²) in [5, 5.41) is 14.8. The Morgan fingerprint density at radius 2 is 1.73 bits per heavy atom. The lowest BCUT2D eigenvalue weighted by Crippen LogP contribution is -2.36. The lowest BCUT2D eigenvalue weighted by Gasteiger charge is -2.16. The van der Waals surface area contributed by atoms with Crippen LogP contribution in [0.5, 0.6) is 0 Å². The number of urea groups is 1. The second kappa shape index (κ2) is 7.29. The molecule has 0 bridgehead atoms. The summed E-state index contributed by atoms with van der Waals surface area (Å²) in [5.41, 5.74) is 0.972. The first kappa shape index (κ1) is 16.3. The molecule has 2 aromatic carbocycles. The second-order valence-electron chi connectivity index (χ2n) is 4.40. The summed E-state index contributed by atoms with van der Waals surface area (Å²) in [4.78, 5) is 23.4. The first-order chi connectivity index (χ1) is 10.5. The van der Waals surface area contributed by atoms with E-state index in [1.54, 1.807) is 48.5 Å². The fourth-order valence-corrected chi connectivity index (χ4v) is 2.45. The maximum atomic E-state index is 12.0. The maximum Gasteiger partial charge on any atom is 0.331 e. The van der Waals surface area contributed by atoms with E-state index in [9.17, 15) is 14.7 Å². The van der Waals surface area contributed by atoms with E-state index in [4.69, 9.17) is 11.6 Å². The van der Waals surface area contributed by atoms with E-state index in [1.165, 1.54) is 0 Å². The van der Waals surface area contributed by atoms with Crippen LogP contribution >= 0.6 is 27.5 Å². The van der Waals surface area contributed by atoms with Gasteiger partial charge in [0.2, 0.25) is 0 Å². The van der Waals surface area contributed by atoms with Crippen LogP contribution in [0.1, 0.15) is 11.6 Å². The van der Waals surface area contributed by atoms with Crippen LogP contribution in [0.15, 0.2) is 53.0 Å². The first-order valence-corrected chi connectivity index (χ1v) is 7.45. The summed E-state index contributed by atoms with van der Waals surface area (Å²) in [6.45, 7) is 0. The van der Waals surface area contributed by atoms with Crippen molar-refractivity contribution in [2.45, 2.75) is 6.04 Å². The summed E-state index contributed by atoms with van der Waals surface area (Å²) >= 11 is 9.04. The zero-order valence-corrected chi connectivity index (χ0v) is 13.6. The van der Waals surface area contributed by atoms with Crippen LogP contribution in [0.25, 0.3) is 0 Å². The molecular weight excluding hydrogens is 372 g/mol. The molecule has 22 heavy (non-hydrogen) atoms. The predicted octanol–water partition coefficient (Wildman–Crippen LogP) is 4.05. The first-order valence-electron chi connectivity index (χ1n) is 6.27. The van der Waals surface area contributed by atoms with Gasteiger partial charge in [0.1, 0.15) is 0 Å². The number of nitrogens with one attached hydrogen (secondary N) is 2. The molecule has 0 aliphatic rings. The number of benzene rings is 2. The molecule has 5 nitrogen and oxygen atoms in total. The number of hydrogen-bond acceptors (Lipinski definition) is 2. The van der Waals surface area contributed by atoms with Gasteiger partial charge in [-0.05, 0) is 35.9 Å². The predicted molar refractivity (Wildman–Crippen MR) is 88.1 cm³/mol. The van der Waals surface area contributed by atoms with E-state index < -0.39 is 18.0 Å². The van der Waals surface area contributed by atoms with Gasteiger partial charge < -0.3 is 15.7 Å². The third-order valence-corrected chi connectivity index (χ3v) is 3.81. The molecule has 2 amide bonds. The second-order valence-corrected chi connectivity index (χ2v) is 5.69. The third-order valence-electron chi connectivity index (χ3n) is 2.84. The molecule has 0 aromatic heterocycles. The van der Waals surface area contributed by atoms with Crippen molar-refractivity contribution in [2.75, 3.05) is 5.32 Å². The minimum atomic E-state index is -1.16. The van der Waals surface area contributed by atoms with E-state index in [-0.39, 0.29) is 0 Å². The Labute approximate surface area is 140 Å². The number of aliphatic carboxylic acids is 1. The normalized spacial score (nSPS) is 11.5. The molecule has 1 unspecified atom stereocenters. The van der Waals surface area contributed by atoms with Crippen LogP contribution in [-0.4, -0.2) is 17.1 Å². The summed E-state index contributed by atoms with van der Waals surface area (Å²) in [6, 6.07) is 11.5. The molecule has 2 rings (SSSR count). The smallest absolute Gasteiger partial charge is 0.331 e. The van der Waals surface area contributed by atoms with E-state index in [0.29, 0.717) is 20.7 Å². The fourth-order valence-electron chi connectivity index (χ4n) is 1.81. The molecule has 1 atom stereocenters. The number of halogens is 2. The number of hydrogen-bond donors (Lipinski definition) is 3. The van der Waals surface area contributed by atoms with Crippen molar-refractivity contribution >= 4 is 45.2 Å². The molecule has 0 radical (unpaired) electrons. The molecule has 0 spiro atoms. The van der Waals surface area contributed by atoms with Gasteiger partial charge in [0.25, 0.3) is 0 Å². The minimum absolute atomic E-state index is 0.459. The zero-order valence-electron chi connectivity index (χ0n) is 11.2. The van der Waals surface area contributed by atoms with Crippen molar-refractivity contribution in [3.63, 3.8) is 0 Å². The van der Waals surface area contributed by atoms with Gasteiger partial charge >= 0.3 is 12.0 Å².